The molecule has 2 heterocycles. The minimum atomic E-state index is -0.829. The number of ether oxygens (including phenoxy) is 1. The largest absolute Gasteiger partial charge is 0.444 e. The molecule has 3 amide bonds. The van der Waals surface area contributed by atoms with Crippen molar-refractivity contribution in [2.45, 2.75) is 72.2 Å². The molecule has 0 aliphatic carbocycles. The summed E-state index contributed by atoms with van der Waals surface area (Å²) in [7, 11) is 0. The zero-order valence-electron chi connectivity index (χ0n) is 23.7. The molecule has 2 aromatic carbocycles. The molecule has 1 aromatic heterocycles. The maximum absolute atomic E-state index is 13.8. The predicted molar refractivity (Wildman–Crippen MR) is 150 cm³/mol. The summed E-state index contributed by atoms with van der Waals surface area (Å²) in [5.41, 5.74) is 1.21. The summed E-state index contributed by atoms with van der Waals surface area (Å²) in [6.07, 6.45) is 0.436. The van der Waals surface area contributed by atoms with Crippen molar-refractivity contribution < 1.29 is 23.5 Å². The van der Waals surface area contributed by atoms with Gasteiger partial charge in [-0.1, -0.05) is 51.1 Å². The molecule has 1 aliphatic heterocycles. The number of amides is 3. The van der Waals surface area contributed by atoms with Crippen molar-refractivity contribution in [3.8, 4) is 0 Å². The lowest BCUT2D eigenvalue weighted by Gasteiger charge is -2.38. The zero-order chi connectivity index (χ0) is 29.0. The first-order chi connectivity index (χ1) is 18.9. The van der Waals surface area contributed by atoms with Crippen molar-refractivity contribution in [2.75, 3.05) is 13.1 Å². The number of carbonyl (C=O) groups excluding carboxylic acids is 3. The van der Waals surface area contributed by atoms with E-state index in [0.717, 1.165) is 11.1 Å². The van der Waals surface area contributed by atoms with Crippen molar-refractivity contribution in [3.05, 3.63) is 65.6 Å². The van der Waals surface area contributed by atoms with E-state index in [2.05, 4.69) is 15.7 Å². The molecule has 0 spiro atoms. The third-order valence-electron chi connectivity index (χ3n) is 6.88. The number of fused-ring (bicyclic) bond motifs is 1. The molecule has 1 saturated heterocycles. The van der Waals surface area contributed by atoms with E-state index in [-0.39, 0.29) is 30.0 Å². The second-order valence-electron chi connectivity index (χ2n) is 11.7. The monoisotopic (exact) mass is 551 g/mol. The van der Waals surface area contributed by atoms with E-state index in [1.54, 1.807) is 21.7 Å². The molecule has 2 atom stereocenters. The summed E-state index contributed by atoms with van der Waals surface area (Å²) in [5, 5.41) is 10.9. The maximum Gasteiger partial charge on any atom is 0.407 e. The molecule has 0 radical (unpaired) electrons. The normalized spacial score (nSPS) is 16.6. The number of hydrogen-bond acceptors (Lipinski definition) is 5. The van der Waals surface area contributed by atoms with Crippen LogP contribution in [-0.2, 0) is 16.1 Å². The summed E-state index contributed by atoms with van der Waals surface area (Å²) in [5.74, 6) is -1.01. The van der Waals surface area contributed by atoms with Crippen molar-refractivity contribution in [1.82, 2.24) is 25.3 Å². The molecule has 10 heteroatoms. The number of aromatic nitrogens is 2. The Morgan fingerprint density at radius 2 is 1.77 bits per heavy atom. The summed E-state index contributed by atoms with van der Waals surface area (Å²) in [4.78, 5) is 41.2. The minimum Gasteiger partial charge on any atom is -0.444 e. The average Bonchev–Trinajstić information content (AvgIpc) is 3.25. The number of likely N-dealkylation sites (tertiary alicyclic amines) is 1. The SMILES string of the molecule is CC(C)NC(=O)OC1CCCN(C(=O)[C@@H](NC(=O)c2nn(Cc3ccc(F)cc3)c3ccccc23)C(C)(C)C)C1. The molecular formula is C30H38FN5O4. The number of rotatable bonds is 7. The number of nitrogens with zero attached hydrogens (tertiary/aromatic N) is 3. The fraction of sp³-hybridized carbons (Fsp3) is 0.467. The van der Waals surface area contributed by atoms with Gasteiger partial charge in [0.1, 0.15) is 18.0 Å². The molecule has 1 fully saturated rings. The van der Waals surface area contributed by atoms with Crippen molar-refractivity contribution in [1.29, 1.82) is 0 Å². The van der Waals surface area contributed by atoms with Gasteiger partial charge in [-0.3, -0.25) is 14.3 Å². The highest BCUT2D eigenvalue weighted by Gasteiger charge is 2.38. The Balaban J connectivity index is 1.53. The van der Waals surface area contributed by atoms with Gasteiger partial charge in [-0.2, -0.15) is 5.10 Å². The van der Waals surface area contributed by atoms with E-state index < -0.39 is 29.6 Å². The molecule has 214 valence electrons. The van der Waals surface area contributed by atoms with E-state index in [1.807, 2.05) is 58.9 Å². The van der Waals surface area contributed by atoms with Crippen LogP contribution < -0.4 is 10.6 Å². The lowest BCUT2D eigenvalue weighted by atomic mass is 9.85. The predicted octanol–water partition coefficient (Wildman–Crippen LogP) is 4.49. The number of carbonyl (C=O) groups is 3. The summed E-state index contributed by atoms with van der Waals surface area (Å²) < 4.78 is 20.6. The van der Waals surface area contributed by atoms with Crippen LogP contribution in [0.2, 0.25) is 0 Å². The quantitative estimate of drug-likeness (QED) is 0.450. The minimum absolute atomic E-state index is 0.0513. The van der Waals surface area contributed by atoms with Crippen LogP contribution in [0.3, 0.4) is 0 Å². The number of hydrogen-bond donors (Lipinski definition) is 2. The Morgan fingerprint density at radius 1 is 1.07 bits per heavy atom. The number of halogens is 1. The van der Waals surface area contributed by atoms with Crippen LogP contribution >= 0.6 is 0 Å². The highest BCUT2D eigenvalue weighted by atomic mass is 19.1. The molecule has 4 rings (SSSR count). The highest BCUT2D eigenvalue weighted by Crippen LogP contribution is 2.26. The molecule has 2 N–H and O–H groups in total. The number of benzene rings is 2. The van der Waals surface area contributed by atoms with Crippen LogP contribution in [0.4, 0.5) is 9.18 Å². The van der Waals surface area contributed by atoms with Crippen molar-refractivity contribution >= 4 is 28.8 Å². The molecule has 3 aromatic rings. The highest BCUT2D eigenvalue weighted by molar-refractivity contribution is 6.06. The van der Waals surface area contributed by atoms with Gasteiger partial charge >= 0.3 is 6.09 Å². The van der Waals surface area contributed by atoms with E-state index in [0.29, 0.717) is 31.3 Å². The van der Waals surface area contributed by atoms with Crippen LogP contribution in [0.5, 0.6) is 0 Å². The Bertz CT molecular complexity index is 1360. The third-order valence-corrected chi connectivity index (χ3v) is 6.88. The molecule has 1 aliphatic rings. The van der Waals surface area contributed by atoms with E-state index >= 15 is 0 Å². The summed E-state index contributed by atoms with van der Waals surface area (Å²) in [6, 6.07) is 12.7. The molecule has 0 saturated carbocycles. The van der Waals surface area contributed by atoms with Gasteiger partial charge < -0.3 is 20.3 Å². The third kappa shape index (κ3) is 6.97. The van der Waals surface area contributed by atoms with Crippen LogP contribution in [0, 0.1) is 11.2 Å². The second kappa shape index (κ2) is 12.1. The molecule has 1 unspecified atom stereocenters. The number of alkyl carbamates (subject to hydrolysis) is 1. The maximum atomic E-state index is 13.8. The van der Waals surface area contributed by atoms with Gasteiger partial charge in [-0.15, -0.1) is 0 Å². The van der Waals surface area contributed by atoms with Gasteiger partial charge in [-0.25, -0.2) is 9.18 Å². The van der Waals surface area contributed by atoms with Gasteiger partial charge in [-0.05, 0) is 55.9 Å². The summed E-state index contributed by atoms with van der Waals surface area (Å²) >= 11 is 0. The van der Waals surface area contributed by atoms with Crippen LogP contribution in [0.15, 0.2) is 48.5 Å². The number of para-hydroxylation sites is 1. The fourth-order valence-corrected chi connectivity index (χ4v) is 4.86. The molecule has 9 nitrogen and oxygen atoms in total. The molecule has 40 heavy (non-hydrogen) atoms. The van der Waals surface area contributed by atoms with E-state index in [4.69, 9.17) is 4.74 Å². The van der Waals surface area contributed by atoms with E-state index in [9.17, 15) is 18.8 Å². The van der Waals surface area contributed by atoms with Gasteiger partial charge in [0.25, 0.3) is 5.91 Å². The first-order valence-electron chi connectivity index (χ1n) is 13.7. The van der Waals surface area contributed by atoms with Gasteiger partial charge in [0, 0.05) is 18.0 Å². The first kappa shape index (κ1) is 29.0. The Labute approximate surface area is 234 Å². The Morgan fingerprint density at radius 3 is 2.45 bits per heavy atom. The fourth-order valence-electron chi connectivity index (χ4n) is 4.86. The molecular weight excluding hydrogens is 513 g/mol. The van der Waals surface area contributed by atoms with Gasteiger partial charge in [0.05, 0.1) is 18.6 Å². The number of nitrogens with one attached hydrogen (secondary N) is 2. The van der Waals surface area contributed by atoms with Gasteiger partial charge in [0.15, 0.2) is 5.69 Å². The van der Waals surface area contributed by atoms with Crippen molar-refractivity contribution in [2.24, 2.45) is 5.41 Å². The second-order valence-corrected chi connectivity index (χ2v) is 11.7. The lowest BCUT2D eigenvalue weighted by Crippen LogP contribution is -2.57. The lowest BCUT2D eigenvalue weighted by molar-refractivity contribution is -0.139. The summed E-state index contributed by atoms with van der Waals surface area (Å²) in [6.45, 7) is 10.5. The zero-order valence-corrected chi connectivity index (χ0v) is 23.7. The first-order valence-corrected chi connectivity index (χ1v) is 13.7. The standard InChI is InChI=1S/C30H38FN5O4/c1-19(2)32-29(39)40-22-9-8-16-35(18-22)28(38)26(30(3,4)5)33-27(37)25-23-10-6-7-11-24(23)36(34-25)17-20-12-14-21(31)15-13-20/h6-7,10-15,19,22,26H,8-9,16-18H2,1-5H3,(H,32,39)(H,33,37)/t22?,26-/m1/s1. The smallest absolute Gasteiger partial charge is 0.407 e. The topological polar surface area (TPSA) is 106 Å². The van der Waals surface area contributed by atoms with Gasteiger partial charge in [0.2, 0.25) is 5.91 Å². The Kier molecular flexibility index (Phi) is 8.76. The number of piperidine rings is 1. The molecule has 0 bridgehead atoms. The van der Waals surface area contributed by atoms with Crippen LogP contribution in [-0.4, -0.2) is 63.9 Å². The van der Waals surface area contributed by atoms with Crippen molar-refractivity contribution in [3.63, 3.8) is 0 Å². The van der Waals surface area contributed by atoms with E-state index in [1.165, 1.54) is 12.1 Å². The van der Waals surface area contributed by atoms with Crippen LogP contribution in [0.25, 0.3) is 10.9 Å². The average molecular weight is 552 g/mol. The Hall–Kier alpha value is -3.95. The van der Waals surface area contributed by atoms with Crippen LogP contribution in [0.1, 0.15) is 63.5 Å².